The van der Waals surface area contributed by atoms with Crippen molar-refractivity contribution in [2.45, 2.75) is 36.6 Å². The maximum absolute atomic E-state index is 12.3. The van der Waals surface area contributed by atoms with E-state index in [2.05, 4.69) is 0 Å². The van der Waals surface area contributed by atoms with E-state index in [1.165, 1.54) is 12.1 Å². The van der Waals surface area contributed by atoms with Crippen LogP contribution in [0.5, 0.6) is 0 Å². The van der Waals surface area contributed by atoms with Crippen LogP contribution in [0.15, 0.2) is 29.2 Å². The SMILES string of the molecule is CC(C)(C)Sc1ccc(C(F)(F)F)cc1. The van der Waals surface area contributed by atoms with Crippen LogP contribution in [-0.4, -0.2) is 4.75 Å². The summed E-state index contributed by atoms with van der Waals surface area (Å²) in [7, 11) is 0. The molecule has 0 bridgehead atoms. The lowest BCUT2D eigenvalue weighted by Gasteiger charge is -2.17. The van der Waals surface area contributed by atoms with Crippen LogP contribution in [0.4, 0.5) is 13.2 Å². The molecule has 1 aromatic rings. The largest absolute Gasteiger partial charge is 0.416 e. The van der Waals surface area contributed by atoms with Crippen molar-refractivity contribution in [1.29, 1.82) is 0 Å². The molecule has 0 N–H and O–H groups in total. The molecule has 0 aliphatic heterocycles. The number of benzene rings is 1. The van der Waals surface area contributed by atoms with Crippen LogP contribution in [0.25, 0.3) is 0 Å². The van der Waals surface area contributed by atoms with E-state index in [0.717, 1.165) is 17.0 Å². The van der Waals surface area contributed by atoms with E-state index in [1.54, 1.807) is 11.8 Å². The van der Waals surface area contributed by atoms with Crippen LogP contribution in [-0.2, 0) is 6.18 Å². The van der Waals surface area contributed by atoms with Crippen molar-refractivity contribution < 1.29 is 13.2 Å². The zero-order valence-corrected chi connectivity index (χ0v) is 9.67. The highest BCUT2D eigenvalue weighted by molar-refractivity contribution is 8.00. The topological polar surface area (TPSA) is 0 Å². The van der Waals surface area contributed by atoms with Crippen LogP contribution >= 0.6 is 11.8 Å². The predicted molar refractivity (Wildman–Crippen MR) is 57.1 cm³/mol. The van der Waals surface area contributed by atoms with Gasteiger partial charge < -0.3 is 0 Å². The molecule has 84 valence electrons. The molecule has 0 fully saturated rings. The fourth-order valence-corrected chi connectivity index (χ4v) is 2.04. The van der Waals surface area contributed by atoms with Crippen LogP contribution in [0, 0.1) is 0 Å². The first-order chi connectivity index (χ1) is 6.68. The number of thioether (sulfide) groups is 1. The summed E-state index contributed by atoms with van der Waals surface area (Å²) in [5, 5.41) is 0. The van der Waals surface area contributed by atoms with Gasteiger partial charge >= 0.3 is 6.18 Å². The van der Waals surface area contributed by atoms with Gasteiger partial charge in [0.2, 0.25) is 0 Å². The minimum atomic E-state index is -4.25. The summed E-state index contributed by atoms with van der Waals surface area (Å²) in [4.78, 5) is 0.857. The van der Waals surface area contributed by atoms with Crippen molar-refractivity contribution >= 4 is 11.8 Å². The molecule has 0 aliphatic carbocycles. The molecule has 4 heteroatoms. The number of hydrogen-bond donors (Lipinski definition) is 0. The van der Waals surface area contributed by atoms with E-state index in [1.807, 2.05) is 20.8 Å². The molecule has 15 heavy (non-hydrogen) atoms. The van der Waals surface area contributed by atoms with Gasteiger partial charge in [-0.15, -0.1) is 11.8 Å². The van der Waals surface area contributed by atoms with Crippen molar-refractivity contribution in [2.75, 3.05) is 0 Å². The highest BCUT2D eigenvalue weighted by atomic mass is 32.2. The van der Waals surface area contributed by atoms with E-state index >= 15 is 0 Å². The van der Waals surface area contributed by atoms with Crippen LogP contribution in [0.1, 0.15) is 26.3 Å². The molecule has 1 rings (SSSR count). The first kappa shape index (κ1) is 12.4. The van der Waals surface area contributed by atoms with Gasteiger partial charge in [0.05, 0.1) is 5.56 Å². The number of alkyl halides is 3. The summed E-state index contributed by atoms with van der Waals surface area (Å²) in [6.07, 6.45) is -4.25. The molecule has 0 unspecified atom stereocenters. The summed E-state index contributed by atoms with van der Waals surface area (Å²) < 4.78 is 36.8. The van der Waals surface area contributed by atoms with E-state index in [0.29, 0.717) is 0 Å². The molecule has 0 nitrogen and oxygen atoms in total. The molecule has 1 aromatic carbocycles. The Hall–Kier alpha value is -0.640. The Labute approximate surface area is 91.9 Å². The highest BCUT2D eigenvalue weighted by Gasteiger charge is 2.30. The van der Waals surface area contributed by atoms with Gasteiger partial charge in [0.15, 0.2) is 0 Å². The second-order valence-corrected chi connectivity index (χ2v) is 6.14. The van der Waals surface area contributed by atoms with Crippen LogP contribution < -0.4 is 0 Å². The minimum Gasteiger partial charge on any atom is -0.166 e. The van der Waals surface area contributed by atoms with Crippen molar-refractivity contribution in [2.24, 2.45) is 0 Å². The average Bonchev–Trinajstić information content (AvgIpc) is 2.00. The highest BCUT2D eigenvalue weighted by Crippen LogP contribution is 2.34. The van der Waals surface area contributed by atoms with Crippen molar-refractivity contribution in [3.8, 4) is 0 Å². The van der Waals surface area contributed by atoms with Gasteiger partial charge in [0.1, 0.15) is 0 Å². The maximum Gasteiger partial charge on any atom is 0.416 e. The number of halogens is 3. The fraction of sp³-hybridized carbons (Fsp3) is 0.455. The fourth-order valence-electron chi connectivity index (χ4n) is 1.07. The second-order valence-electron chi connectivity index (χ2n) is 4.24. The molecular weight excluding hydrogens is 221 g/mol. The number of hydrogen-bond acceptors (Lipinski definition) is 1. The van der Waals surface area contributed by atoms with Gasteiger partial charge in [0, 0.05) is 9.64 Å². The van der Waals surface area contributed by atoms with Gasteiger partial charge in [-0.1, -0.05) is 20.8 Å². The first-order valence-corrected chi connectivity index (χ1v) is 5.36. The van der Waals surface area contributed by atoms with E-state index < -0.39 is 11.7 Å². The lowest BCUT2D eigenvalue weighted by molar-refractivity contribution is -0.137. The third kappa shape index (κ3) is 4.16. The Morgan fingerprint density at radius 3 is 1.73 bits per heavy atom. The summed E-state index contributed by atoms with van der Waals surface area (Å²) in [5.74, 6) is 0. The molecule has 0 saturated carbocycles. The monoisotopic (exact) mass is 234 g/mol. The van der Waals surface area contributed by atoms with Crippen LogP contribution in [0.3, 0.4) is 0 Å². The first-order valence-electron chi connectivity index (χ1n) is 4.55. The normalized spacial score (nSPS) is 12.9. The maximum atomic E-state index is 12.3. The van der Waals surface area contributed by atoms with Gasteiger partial charge in [-0.05, 0) is 24.3 Å². The molecule has 0 amide bonds. The van der Waals surface area contributed by atoms with Crippen molar-refractivity contribution in [3.05, 3.63) is 29.8 Å². The average molecular weight is 234 g/mol. The summed E-state index contributed by atoms with van der Waals surface area (Å²) >= 11 is 1.55. The third-order valence-corrected chi connectivity index (χ3v) is 2.73. The Balaban J connectivity index is 2.82. The molecule has 0 atom stereocenters. The third-order valence-electron chi connectivity index (χ3n) is 1.61. The van der Waals surface area contributed by atoms with E-state index in [9.17, 15) is 13.2 Å². The lowest BCUT2D eigenvalue weighted by Crippen LogP contribution is -2.07. The molecule has 0 aliphatic rings. The molecule has 0 spiro atoms. The molecule has 0 aromatic heterocycles. The Kier molecular flexibility index (Phi) is 3.38. The van der Waals surface area contributed by atoms with Gasteiger partial charge in [0.25, 0.3) is 0 Å². The van der Waals surface area contributed by atoms with Crippen molar-refractivity contribution in [3.63, 3.8) is 0 Å². The summed E-state index contributed by atoms with van der Waals surface area (Å²) in [5.41, 5.74) is -0.597. The second kappa shape index (κ2) is 4.08. The Morgan fingerprint density at radius 1 is 0.933 bits per heavy atom. The number of rotatable bonds is 1. The van der Waals surface area contributed by atoms with Gasteiger partial charge in [-0.25, -0.2) is 0 Å². The Bertz CT molecular complexity index is 319. The molecule has 0 saturated heterocycles. The summed E-state index contributed by atoms with van der Waals surface area (Å²) in [6.45, 7) is 6.07. The van der Waals surface area contributed by atoms with Crippen LogP contribution in [0.2, 0.25) is 0 Å². The Morgan fingerprint density at radius 2 is 1.40 bits per heavy atom. The van der Waals surface area contributed by atoms with Gasteiger partial charge in [-0.3, -0.25) is 0 Å². The predicted octanol–water partition coefficient (Wildman–Crippen LogP) is 4.60. The quantitative estimate of drug-likeness (QED) is 0.640. The zero-order chi connectivity index (χ0) is 11.7. The molecular formula is C11H13F3S. The standard InChI is InChI=1S/C11H13F3S/c1-10(2,3)15-9-6-4-8(5-7-9)11(12,13)14/h4-7H,1-3H3. The lowest BCUT2D eigenvalue weighted by atomic mass is 10.2. The van der Waals surface area contributed by atoms with Crippen molar-refractivity contribution in [1.82, 2.24) is 0 Å². The minimum absolute atomic E-state index is 0.0136. The molecule has 0 radical (unpaired) electrons. The van der Waals surface area contributed by atoms with Gasteiger partial charge in [-0.2, -0.15) is 13.2 Å². The van der Waals surface area contributed by atoms with E-state index in [-0.39, 0.29) is 4.75 Å². The van der Waals surface area contributed by atoms with E-state index in [4.69, 9.17) is 0 Å². The zero-order valence-electron chi connectivity index (χ0n) is 8.85. The molecule has 0 heterocycles. The summed E-state index contributed by atoms with van der Waals surface area (Å²) in [6, 6.07) is 5.26. The smallest absolute Gasteiger partial charge is 0.166 e.